The standard InChI is InChI=1S/C6H12ClNO4S/c7-6-5-8(1-3-12-6)2-4-13(9,10)11/h6H,1-5H2,(H,9,10,11). The normalized spacial score (nSPS) is 26.2. The van der Waals surface area contributed by atoms with Crippen LogP contribution < -0.4 is 0 Å². The number of alkyl halides is 1. The highest BCUT2D eigenvalue weighted by atomic mass is 35.5. The van der Waals surface area contributed by atoms with Crippen LogP contribution in [-0.2, 0) is 14.9 Å². The third-order valence-corrected chi connectivity index (χ3v) is 2.74. The van der Waals surface area contributed by atoms with Gasteiger partial charge in [0.25, 0.3) is 10.1 Å². The van der Waals surface area contributed by atoms with Gasteiger partial charge in [-0.2, -0.15) is 8.42 Å². The van der Waals surface area contributed by atoms with Crippen molar-refractivity contribution in [3.63, 3.8) is 0 Å². The van der Waals surface area contributed by atoms with Crippen LogP contribution in [0.5, 0.6) is 0 Å². The first-order valence-corrected chi connectivity index (χ1v) is 5.95. The van der Waals surface area contributed by atoms with E-state index in [0.717, 1.165) is 0 Å². The molecule has 1 atom stereocenters. The summed E-state index contributed by atoms with van der Waals surface area (Å²) in [5.74, 6) is -0.253. The number of ether oxygens (including phenoxy) is 1. The summed E-state index contributed by atoms with van der Waals surface area (Å²) < 4.78 is 34.4. The SMILES string of the molecule is O=S(=O)(O)CCN1CCOC(Cl)C1. The van der Waals surface area contributed by atoms with Gasteiger partial charge < -0.3 is 4.74 Å². The van der Waals surface area contributed by atoms with Crippen molar-refractivity contribution in [2.24, 2.45) is 0 Å². The van der Waals surface area contributed by atoms with E-state index in [4.69, 9.17) is 20.9 Å². The highest BCUT2D eigenvalue weighted by Gasteiger charge is 2.19. The predicted octanol–water partition coefficient (Wildman–Crippen LogP) is -0.229. The molecule has 1 N–H and O–H groups in total. The Labute approximate surface area is 82.4 Å². The zero-order chi connectivity index (χ0) is 9.90. The molecule has 1 saturated heterocycles. The van der Waals surface area contributed by atoms with Crippen LogP contribution in [-0.4, -0.2) is 55.4 Å². The Balaban J connectivity index is 2.29. The molecule has 0 aliphatic carbocycles. The molecule has 1 heterocycles. The van der Waals surface area contributed by atoms with E-state index in [9.17, 15) is 8.42 Å². The Kier molecular flexibility index (Phi) is 3.93. The first-order valence-electron chi connectivity index (χ1n) is 3.90. The van der Waals surface area contributed by atoms with Gasteiger partial charge in [-0.1, -0.05) is 11.6 Å². The Morgan fingerprint density at radius 1 is 1.62 bits per heavy atom. The fourth-order valence-corrected chi connectivity index (χ4v) is 1.88. The van der Waals surface area contributed by atoms with E-state index in [-0.39, 0.29) is 11.3 Å². The van der Waals surface area contributed by atoms with Crippen LogP contribution >= 0.6 is 11.6 Å². The van der Waals surface area contributed by atoms with Crippen LogP contribution in [0, 0.1) is 0 Å². The summed E-state index contributed by atoms with van der Waals surface area (Å²) in [6.45, 7) is 1.95. The summed E-state index contributed by atoms with van der Waals surface area (Å²) in [4.78, 5) is 1.84. The van der Waals surface area contributed by atoms with E-state index < -0.39 is 10.1 Å². The minimum atomic E-state index is -3.87. The third kappa shape index (κ3) is 4.78. The minimum absolute atomic E-state index is 0.253. The molecule has 0 aromatic carbocycles. The number of hydrogen-bond donors (Lipinski definition) is 1. The largest absolute Gasteiger partial charge is 0.360 e. The van der Waals surface area contributed by atoms with Gasteiger partial charge in [0.15, 0.2) is 0 Å². The van der Waals surface area contributed by atoms with Crippen molar-refractivity contribution in [3.8, 4) is 0 Å². The summed E-state index contributed by atoms with van der Waals surface area (Å²) in [5, 5.41) is 0. The molecule has 1 rings (SSSR count). The smallest absolute Gasteiger partial charge is 0.266 e. The lowest BCUT2D eigenvalue weighted by molar-refractivity contribution is 0.0166. The lowest BCUT2D eigenvalue weighted by Crippen LogP contribution is -2.42. The van der Waals surface area contributed by atoms with E-state index in [0.29, 0.717) is 26.2 Å². The van der Waals surface area contributed by atoms with Crippen LogP contribution in [0.1, 0.15) is 0 Å². The van der Waals surface area contributed by atoms with Gasteiger partial charge >= 0.3 is 0 Å². The van der Waals surface area contributed by atoms with E-state index in [1.165, 1.54) is 0 Å². The number of halogens is 1. The molecule has 0 spiro atoms. The molecular formula is C6H12ClNO4S. The van der Waals surface area contributed by atoms with Crippen molar-refractivity contribution in [1.82, 2.24) is 4.90 Å². The summed E-state index contributed by atoms with van der Waals surface area (Å²) in [7, 11) is -3.87. The zero-order valence-corrected chi connectivity index (χ0v) is 8.59. The molecule has 0 radical (unpaired) electrons. The molecule has 0 aromatic heterocycles. The summed E-state index contributed by atoms with van der Waals surface area (Å²) in [5.41, 5.74) is -0.379. The van der Waals surface area contributed by atoms with Gasteiger partial charge in [0, 0.05) is 19.6 Å². The van der Waals surface area contributed by atoms with Crippen LogP contribution in [0.3, 0.4) is 0 Å². The van der Waals surface area contributed by atoms with Crippen LogP contribution in [0.4, 0.5) is 0 Å². The average Bonchev–Trinajstić information content (AvgIpc) is 2.00. The Morgan fingerprint density at radius 2 is 2.31 bits per heavy atom. The molecule has 1 fully saturated rings. The average molecular weight is 230 g/mol. The Morgan fingerprint density at radius 3 is 2.85 bits per heavy atom. The van der Waals surface area contributed by atoms with E-state index in [1.807, 2.05) is 4.90 Å². The second kappa shape index (κ2) is 4.56. The lowest BCUT2D eigenvalue weighted by Gasteiger charge is -2.29. The number of rotatable bonds is 3. The van der Waals surface area contributed by atoms with E-state index >= 15 is 0 Å². The molecule has 78 valence electrons. The van der Waals surface area contributed by atoms with Gasteiger partial charge in [-0.25, -0.2) is 0 Å². The van der Waals surface area contributed by atoms with Crippen molar-refractivity contribution in [2.45, 2.75) is 5.56 Å². The van der Waals surface area contributed by atoms with Crippen molar-refractivity contribution in [1.29, 1.82) is 0 Å². The lowest BCUT2D eigenvalue weighted by atomic mass is 10.4. The molecule has 5 nitrogen and oxygen atoms in total. The maximum atomic E-state index is 10.4. The monoisotopic (exact) mass is 229 g/mol. The molecular weight excluding hydrogens is 218 g/mol. The third-order valence-electron chi connectivity index (χ3n) is 1.77. The fraction of sp³-hybridized carbons (Fsp3) is 1.00. The quantitative estimate of drug-likeness (QED) is 0.535. The van der Waals surface area contributed by atoms with E-state index in [1.54, 1.807) is 0 Å². The van der Waals surface area contributed by atoms with Crippen LogP contribution in [0.25, 0.3) is 0 Å². The van der Waals surface area contributed by atoms with Crippen molar-refractivity contribution >= 4 is 21.7 Å². The van der Waals surface area contributed by atoms with Crippen molar-refractivity contribution in [3.05, 3.63) is 0 Å². The van der Waals surface area contributed by atoms with Gasteiger partial charge in [-0.3, -0.25) is 9.45 Å². The second-order valence-electron chi connectivity index (χ2n) is 2.87. The Hall–Kier alpha value is 0.120. The molecule has 1 aliphatic heterocycles. The number of nitrogens with zero attached hydrogens (tertiary/aromatic N) is 1. The molecule has 0 bridgehead atoms. The van der Waals surface area contributed by atoms with Crippen molar-refractivity contribution < 1.29 is 17.7 Å². The molecule has 1 unspecified atom stereocenters. The molecule has 1 aliphatic rings. The number of hydrogen-bond acceptors (Lipinski definition) is 4. The molecule has 7 heteroatoms. The first-order chi connectivity index (χ1) is 5.97. The molecule has 13 heavy (non-hydrogen) atoms. The first kappa shape index (κ1) is 11.2. The summed E-state index contributed by atoms with van der Waals surface area (Å²) in [6.07, 6.45) is 0. The Bertz CT molecular complexity index is 255. The second-order valence-corrected chi connectivity index (χ2v) is 4.93. The molecule has 0 aromatic rings. The van der Waals surface area contributed by atoms with Crippen molar-refractivity contribution in [2.75, 3.05) is 32.0 Å². The molecule has 0 saturated carbocycles. The zero-order valence-electron chi connectivity index (χ0n) is 7.02. The topological polar surface area (TPSA) is 66.8 Å². The highest BCUT2D eigenvalue weighted by molar-refractivity contribution is 7.85. The highest BCUT2D eigenvalue weighted by Crippen LogP contribution is 2.07. The molecule has 0 amide bonds. The van der Waals surface area contributed by atoms with Gasteiger partial charge in [0.1, 0.15) is 5.56 Å². The fourth-order valence-electron chi connectivity index (χ4n) is 1.10. The maximum absolute atomic E-state index is 10.4. The van der Waals surface area contributed by atoms with Crippen LogP contribution in [0.15, 0.2) is 0 Å². The number of morpholine rings is 1. The van der Waals surface area contributed by atoms with E-state index in [2.05, 4.69) is 0 Å². The summed E-state index contributed by atoms with van der Waals surface area (Å²) in [6, 6.07) is 0. The minimum Gasteiger partial charge on any atom is -0.360 e. The van der Waals surface area contributed by atoms with Gasteiger partial charge in [0.05, 0.1) is 12.4 Å². The maximum Gasteiger partial charge on any atom is 0.266 e. The predicted molar refractivity (Wildman–Crippen MR) is 48.4 cm³/mol. The van der Waals surface area contributed by atoms with Gasteiger partial charge in [0.2, 0.25) is 0 Å². The van der Waals surface area contributed by atoms with Crippen LogP contribution in [0.2, 0.25) is 0 Å². The summed E-state index contributed by atoms with van der Waals surface area (Å²) >= 11 is 5.69. The van der Waals surface area contributed by atoms with Gasteiger partial charge in [-0.05, 0) is 0 Å². The van der Waals surface area contributed by atoms with Gasteiger partial charge in [-0.15, -0.1) is 0 Å².